The zero-order chi connectivity index (χ0) is 16.3. The Bertz CT molecular complexity index is 971. The Hall–Kier alpha value is -2.62. The summed E-state index contributed by atoms with van der Waals surface area (Å²) in [5.74, 6) is -0.0850. The first-order valence-electron chi connectivity index (χ1n) is 8.36. The summed E-state index contributed by atoms with van der Waals surface area (Å²) >= 11 is 0. The highest BCUT2D eigenvalue weighted by molar-refractivity contribution is 6.07. The molecule has 0 spiro atoms. The van der Waals surface area contributed by atoms with Crippen molar-refractivity contribution >= 4 is 22.5 Å². The van der Waals surface area contributed by atoms with E-state index in [1.807, 2.05) is 29.3 Å². The van der Waals surface area contributed by atoms with Crippen LogP contribution in [-0.4, -0.2) is 17.4 Å². The highest BCUT2D eigenvalue weighted by Crippen LogP contribution is 2.52. The summed E-state index contributed by atoms with van der Waals surface area (Å²) in [6.07, 6.45) is 4.51. The molecular formula is C20H17FN2O. The van der Waals surface area contributed by atoms with Gasteiger partial charge >= 0.3 is 0 Å². The summed E-state index contributed by atoms with van der Waals surface area (Å²) in [6.45, 7) is 0.747. The van der Waals surface area contributed by atoms with Crippen molar-refractivity contribution in [2.45, 2.75) is 24.7 Å². The van der Waals surface area contributed by atoms with Gasteiger partial charge < -0.3 is 9.88 Å². The average Bonchev–Trinajstić information content (AvgIpc) is 3.11. The van der Waals surface area contributed by atoms with Crippen LogP contribution in [0.4, 0.5) is 10.1 Å². The molecule has 0 radical (unpaired) electrons. The number of para-hydroxylation sites is 1. The van der Waals surface area contributed by atoms with Crippen LogP contribution in [0, 0.1) is 5.82 Å². The smallest absolute Gasteiger partial charge is 0.237 e. The SMILES string of the molecule is O=C(N1CCc2ccccc21)C1(c2c[nH]c3cc(F)ccc23)CC1. The fourth-order valence-corrected chi connectivity index (χ4v) is 4.03. The third-order valence-corrected chi connectivity index (χ3v) is 5.45. The second-order valence-corrected chi connectivity index (χ2v) is 6.81. The van der Waals surface area contributed by atoms with E-state index in [9.17, 15) is 9.18 Å². The number of H-pyrrole nitrogens is 1. The number of hydrogen-bond donors (Lipinski definition) is 1. The fraction of sp³-hybridized carbons (Fsp3) is 0.250. The number of benzene rings is 2. The van der Waals surface area contributed by atoms with Gasteiger partial charge in [-0.05, 0) is 54.7 Å². The van der Waals surface area contributed by atoms with Crippen molar-refractivity contribution in [2.75, 3.05) is 11.4 Å². The molecule has 1 saturated carbocycles. The third kappa shape index (κ3) is 1.80. The lowest BCUT2D eigenvalue weighted by atomic mass is 9.93. The number of amides is 1. The molecule has 0 bridgehead atoms. The van der Waals surface area contributed by atoms with E-state index in [1.54, 1.807) is 6.07 Å². The van der Waals surface area contributed by atoms with Gasteiger partial charge in [-0.25, -0.2) is 4.39 Å². The van der Waals surface area contributed by atoms with Crippen LogP contribution in [0.25, 0.3) is 10.9 Å². The van der Waals surface area contributed by atoms with E-state index in [0.717, 1.165) is 48.0 Å². The summed E-state index contributed by atoms with van der Waals surface area (Å²) < 4.78 is 13.4. The largest absolute Gasteiger partial charge is 0.361 e. The monoisotopic (exact) mass is 320 g/mol. The highest BCUT2D eigenvalue weighted by Gasteiger charge is 2.55. The van der Waals surface area contributed by atoms with Gasteiger partial charge in [-0.3, -0.25) is 4.79 Å². The summed E-state index contributed by atoms with van der Waals surface area (Å²) in [5.41, 5.74) is 3.59. The van der Waals surface area contributed by atoms with Gasteiger partial charge in [-0.2, -0.15) is 0 Å². The first kappa shape index (κ1) is 13.8. The van der Waals surface area contributed by atoms with Gasteiger partial charge in [0.1, 0.15) is 5.82 Å². The van der Waals surface area contributed by atoms with Crippen LogP contribution in [-0.2, 0) is 16.6 Å². The number of anilines is 1. The molecule has 1 aromatic heterocycles. The lowest BCUT2D eigenvalue weighted by molar-refractivity contribution is -0.120. The van der Waals surface area contributed by atoms with E-state index in [-0.39, 0.29) is 11.7 Å². The topological polar surface area (TPSA) is 36.1 Å². The van der Waals surface area contributed by atoms with E-state index in [4.69, 9.17) is 0 Å². The molecule has 1 aliphatic heterocycles. The van der Waals surface area contributed by atoms with Gasteiger partial charge in [0.05, 0.1) is 5.41 Å². The average molecular weight is 320 g/mol. The first-order valence-corrected chi connectivity index (χ1v) is 8.36. The van der Waals surface area contributed by atoms with Gasteiger partial charge in [-0.1, -0.05) is 18.2 Å². The van der Waals surface area contributed by atoms with Crippen molar-refractivity contribution < 1.29 is 9.18 Å². The van der Waals surface area contributed by atoms with E-state index in [1.165, 1.54) is 17.7 Å². The highest BCUT2D eigenvalue weighted by atomic mass is 19.1. The Morgan fingerprint density at radius 2 is 2.00 bits per heavy atom. The Morgan fingerprint density at radius 3 is 2.83 bits per heavy atom. The van der Waals surface area contributed by atoms with Crippen LogP contribution in [0.1, 0.15) is 24.0 Å². The fourth-order valence-electron chi connectivity index (χ4n) is 4.03. The van der Waals surface area contributed by atoms with Gasteiger partial charge in [0, 0.05) is 29.3 Å². The minimum Gasteiger partial charge on any atom is -0.361 e. The number of carbonyl (C=O) groups is 1. The molecule has 0 unspecified atom stereocenters. The maximum absolute atomic E-state index is 13.4. The van der Waals surface area contributed by atoms with E-state index >= 15 is 0 Å². The Kier molecular flexibility index (Phi) is 2.70. The normalized spacial score (nSPS) is 18.0. The standard InChI is InChI=1S/C20H17FN2O/c21-14-5-6-15-16(12-22-17(15)11-14)20(8-9-20)19(24)23-10-7-13-3-1-2-4-18(13)23/h1-6,11-12,22H,7-10H2. The molecule has 1 fully saturated rings. The molecule has 2 aliphatic rings. The number of carbonyl (C=O) groups excluding carboxylic acids is 1. The van der Waals surface area contributed by atoms with E-state index in [2.05, 4.69) is 11.1 Å². The second kappa shape index (κ2) is 4.69. The molecule has 120 valence electrons. The zero-order valence-electron chi connectivity index (χ0n) is 13.2. The van der Waals surface area contributed by atoms with E-state index in [0.29, 0.717) is 0 Å². The molecule has 2 heterocycles. The number of nitrogens with zero attached hydrogens (tertiary/aromatic N) is 1. The number of fused-ring (bicyclic) bond motifs is 2. The van der Waals surface area contributed by atoms with Crippen LogP contribution in [0.15, 0.2) is 48.7 Å². The number of aromatic amines is 1. The molecule has 3 nitrogen and oxygen atoms in total. The van der Waals surface area contributed by atoms with Gasteiger partial charge in [-0.15, -0.1) is 0 Å². The first-order chi connectivity index (χ1) is 11.7. The molecular weight excluding hydrogens is 303 g/mol. The molecule has 0 saturated heterocycles. The molecule has 2 aromatic carbocycles. The summed E-state index contributed by atoms with van der Waals surface area (Å²) in [6, 6.07) is 12.9. The number of halogens is 1. The van der Waals surface area contributed by atoms with Crippen LogP contribution >= 0.6 is 0 Å². The van der Waals surface area contributed by atoms with Crippen molar-refractivity contribution in [2.24, 2.45) is 0 Å². The minimum atomic E-state index is -0.451. The van der Waals surface area contributed by atoms with Crippen molar-refractivity contribution in [3.05, 3.63) is 65.6 Å². The summed E-state index contributed by atoms with van der Waals surface area (Å²) in [4.78, 5) is 18.4. The molecule has 4 heteroatoms. The van der Waals surface area contributed by atoms with E-state index < -0.39 is 5.41 Å². The minimum absolute atomic E-state index is 0.178. The maximum atomic E-state index is 13.4. The number of nitrogens with one attached hydrogen (secondary N) is 1. The van der Waals surface area contributed by atoms with Crippen LogP contribution in [0.2, 0.25) is 0 Å². The van der Waals surface area contributed by atoms with Gasteiger partial charge in [0.15, 0.2) is 0 Å². The molecule has 24 heavy (non-hydrogen) atoms. The molecule has 0 atom stereocenters. The number of rotatable bonds is 2. The van der Waals surface area contributed by atoms with Crippen LogP contribution in [0.3, 0.4) is 0 Å². The zero-order valence-corrected chi connectivity index (χ0v) is 13.2. The third-order valence-electron chi connectivity index (χ3n) is 5.45. The lowest BCUT2D eigenvalue weighted by Crippen LogP contribution is -2.38. The lowest BCUT2D eigenvalue weighted by Gasteiger charge is -2.23. The summed E-state index contributed by atoms with van der Waals surface area (Å²) in [5, 5.41) is 0.953. The molecule has 1 amide bonds. The predicted octanol–water partition coefficient (Wildman–Crippen LogP) is 3.93. The van der Waals surface area contributed by atoms with Crippen molar-refractivity contribution in [1.29, 1.82) is 0 Å². The van der Waals surface area contributed by atoms with Crippen molar-refractivity contribution in [3.8, 4) is 0 Å². The van der Waals surface area contributed by atoms with Gasteiger partial charge in [0.2, 0.25) is 5.91 Å². The van der Waals surface area contributed by atoms with Crippen LogP contribution < -0.4 is 4.90 Å². The Labute approximate surface area is 139 Å². The van der Waals surface area contributed by atoms with Crippen molar-refractivity contribution in [3.63, 3.8) is 0 Å². The maximum Gasteiger partial charge on any atom is 0.237 e. The van der Waals surface area contributed by atoms with Gasteiger partial charge in [0.25, 0.3) is 0 Å². The second-order valence-electron chi connectivity index (χ2n) is 6.81. The Balaban J connectivity index is 1.57. The Morgan fingerprint density at radius 1 is 1.17 bits per heavy atom. The molecule has 1 N–H and O–H groups in total. The summed E-state index contributed by atoms with van der Waals surface area (Å²) in [7, 11) is 0. The quantitative estimate of drug-likeness (QED) is 0.763. The number of hydrogen-bond acceptors (Lipinski definition) is 1. The molecule has 5 rings (SSSR count). The molecule has 1 aliphatic carbocycles. The molecule has 3 aromatic rings. The van der Waals surface area contributed by atoms with Crippen molar-refractivity contribution in [1.82, 2.24) is 4.98 Å². The van der Waals surface area contributed by atoms with Crippen LogP contribution in [0.5, 0.6) is 0 Å². The predicted molar refractivity (Wildman–Crippen MR) is 91.7 cm³/mol. The number of aromatic nitrogens is 1.